The Morgan fingerprint density at radius 1 is 1.18 bits per heavy atom. The standard InChI is InChI=1S/C9H21Si.Li.H/c1-7-8-10(5,6)9(2,3)4;;/h1,7-8H2,2-6H3;;. The van der Waals surface area contributed by atoms with Crippen LogP contribution in [0.15, 0.2) is 0 Å². The quantitative estimate of drug-likeness (QED) is 0.552. The van der Waals surface area contributed by atoms with Gasteiger partial charge in [0.25, 0.3) is 0 Å². The van der Waals surface area contributed by atoms with E-state index in [0.717, 1.165) is 6.42 Å². The zero-order valence-electron chi connectivity index (χ0n) is 8.12. The molecule has 0 amide bonds. The molecular formula is C9H22LiSi. The molecule has 0 bridgehead atoms. The van der Waals surface area contributed by atoms with Crippen molar-refractivity contribution in [3.05, 3.63) is 6.92 Å². The van der Waals surface area contributed by atoms with Gasteiger partial charge in [0.05, 0.1) is 8.07 Å². The monoisotopic (exact) mass is 165 g/mol. The zero-order valence-corrected chi connectivity index (χ0v) is 9.12. The third-order valence-electron chi connectivity index (χ3n) is 2.83. The van der Waals surface area contributed by atoms with Crippen LogP contribution in [0.2, 0.25) is 24.2 Å². The third-order valence-corrected chi connectivity index (χ3v) is 8.50. The molecule has 0 fully saturated rings. The van der Waals surface area contributed by atoms with Gasteiger partial charge < -0.3 is 0 Å². The molecule has 0 unspecified atom stereocenters. The van der Waals surface area contributed by atoms with Crippen LogP contribution in [0.3, 0.4) is 0 Å². The molecule has 0 rings (SSSR count). The summed E-state index contributed by atoms with van der Waals surface area (Å²) >= 11 is 0. The van der Waals surface area contributed by atoms with Crippen LogP contribution in [0.4, 0.5) is 0 Å². The van der Waals surface area contributed by atoms with Crippen LogP contribution in [0.5, 0.6) is 0 Å². The Labute approximate surface area is 85.3 Å². The van der Waals surface area contributed by atoms with Gasteiger partial charge in [0.15, 0.2) is 0 Å². The van der Waals surface area contributed by atoms with E-state index in [1.54, 1.807) is 0 Å². The maximum absolute atomic E-state index is 3.92. The van der Waals surface area contributed by atoms with E-state index in [1.165, 1.54) is 6.04 Å². The van der Waals surface area contributed by atoms with Gasteiger partial charge in [-0.15, -0.1) is 0 Å². The van der Waals surface area contributed by atoms with Gasteiger partial charge in [0.1, 0.15) is 0 Å². The molecule has 0 N–H and O–H groups in total. The van der Waals surface area contributed by atoms with Crippen molar-refractivity contribution >= 4 is 26.9 Å². The normalized spacial score (nSPS) is 12.5. The van der Waals surface area contributed by atoms with E-state index >= 15 is 0 Å². The van der Waals surface area contributed by atoms with Crippen molar-refractivity contribution in [2.45, 2.75) is 51.4 Å². The molecule has 0 saturated heterocycles. The van der Waals surface area contributed by atoms with Gasteiger partial charge in [0.2, 0.25) is 0 Å². The van der Waals surface area contributed by atoms with Crippen LogP contribution < -0.4 is 0 Å². The maximum atomic E-state index is 3.92. The van der Waals surface area contributed by atoms with Gasteiger partial charge in [-0.05, 0) is 5.04 Å². The first-order chi connectivity index (χ1) is 4.31. The van der Waals surface area contributed by atoms with Crippen molar-refractivity contribution in [3.8, 4) is 0 Å². The molecule has 0 saturated carbocycles. The third kappa shape index (κ3) is 4.40. The molecule has 0 nitrogen and oxygen atoms in total. The van der Waals surface area contributed by atoms with Crippen LogP contribution in [0, 0.1) is 6.92 Å². The number of hydrogen-bond acceptors (Lipinski definition) is 0. The van der Waals surface area contributed by atoms with E-state index in [0.29, 0.717) is 5.04 Å². The first kappa shape index (κ1) is 14.3. The summed E-state index contributed by atoms with van der Waals surface area (Å²) in [6, 6.07) is 1.36. The van der Waals surface area contributed by atoms with Crippen LogP contribution in [0.25, 0.3) is 0 Å². The van der Waals surface area contributed by atoms with Crippen molar-refractivity contribution in [1.82, 2.24) is 0 Å². The molecule has 2 heteroatoms. The fourth-order valence-electron chi connectivity index (χ4n) is 0.817. The zero-order chi connectivity index (χ0) is 8.41. The molecule has 0 aromatic heterocycles. The molecule has 63 valence electrons. The van der Waals surface area contributed by atoms with Gasteiger partial charge in [0, 0.05) is 0 Å². The number of rotatable bonds is 2. The second-order valence-corrected chi connectivity index (χ2v) is 10.5. The van der Waals surface area contributed by atoms with E-state index in [1.807, 2.05) is 0 Å². The Bertz CT molecular complexity index is 103. The Morgan fingerprint density at radius 3 is 1.64 bits per heavy atom. The van der Waals surface area contributed by atoms with Gasteiger partial charge >= 0.3 is 18.9 Å². The predicted molar refractivity (Wildman–Crippen MR) is 59.1 cm³/mol. The Morgan fingerprint density at radius 2 is 1.55 bits per heavy atom. The van der Waals surface area contributed by atoms with E-state index in [-0.39, 0.29) is 18.9 Å². The molecule has 0 heterocycles. The molecule has 0 atom stereocenters. The number of hydrogen-bond donors (Lipinski definition) is 0. The van der Waals surface area contributed by atoms with Crippen molar-refractivity contribution in [1.29, 1.82) is 0 Å². The summed E-state index contributed by atoms with van der Waals surface area (Å²) in [5, 5.41) is 0.546. The topological polar surface area (TPSA) is 0 Å². The van der Waals surface area contributed by atoms with Crippen LogP contribution >= 0.6 is 0 Å². The van der Waals surface area contributed by atoms with Gasteiger partial charge in [-0.1, -0.05) is 53.3 Å². The average molecular weight is 165 g/mol. The second-order valence-electron chi connectivity index (χ2n) is 4.74. The minimum atomic E-state index is -0.967. The van der Waals surface area contributed by atoms with Gasteiger partial charge in [-0.3, -0.25) is 0 Å². The molecule has 0 aromatic rings. The molecule has 1 radical (unpaired) electrons. The average Bonchev–Trinajstić information content (AvgIpc) is 1.61. The first-order valence-electron chi connectivity index (χ1n) is 4.10. The fraction of sp³-hybridized carbons (Fsp3) is 0.889. The summed E-state index contributed by atoms with van der Waals surface area (Å²) in [5.41, 5.74) is 0. The molecule has 0 aromatic carbocycles. The van der Waals surface area contributed by atoms with Crippen LogP contribution in [-0.4, -0.2) is 26.9 Å². The van der Waals surface area contributed by atoms with E-state index < -0.39 is 8.07 Å². The van der Waals surface area contributed by atoms with Crippen molar-refractivity contribution < 1.29 is 0 Å². The van der Waals surface area contributed by atoms with Crippen LogP contribution in [0.1, 0.15) is 27.2 Å². The molecular weight excluding hydrogens is 143 g/mol. The van der Waals surface area contributed by atoms with Gasteiger partial charge in [-0.2, -0.15) is 0 Å². The van der Waals surface area contributed by atoms with E-state index in [4.69, 9.17) is 0 Å². The summed E-state index contributed by atoms with van der Waals surface area (Å²) in [6.45, 7) is 15.9. The summed E-state index contributed by atoms with van der Waals surface area (Å²) in [6.07, 6.45) is 1.11. The Kier molecular flexibility index (Phi) is 6.19. The molecule has 0 aliphatic rings. The summed E-state index contributed by atoms with van der Waals surface area (Å²) in [7, 11) is -0.967. The first-order valence-corrected chi connectivity index (χ1v) is 7.31. The molecule has 0 aliphatic heterocycles. The van der Waals surface area contributed by atoms with E-state index in [9.17, 15) is 0 Å². The summed E-state index contributed by atoms with van der Waals surface area (Å²) in [4.78, 5) is 0. The summed E-state index contributed by atoms with van der Waals surface area (Å²) in [5.74, 6) is 0. The minimum absolute atomic E-state index is 0. The van der Waals surface area contributed by atoms with Crippen molar-refractivity contribution in [3.63, 3.8) is 0 Å². The fourth-order valence-corrected chi connectivity index (χ4v) is 2.45. The van der Waals surface area contributed by atoms with Crippen molar-refractivity contribution in [2.75, 3.05) is 0 Å². The van der Waals surface area contributed by atoms with Crippen LogP contribution in [-0.2, 0) is 0 Å². The van der Waals surface area contributed by atoms with Gasteiger partial charge in [-0.25, -0.2) is 0 Å². The Hall–Kier alpha value is 0.814. The Balaban J connectivity index is 0. The molecule has 0 spiro atoms. The predicted octanol–water partition coefficient (Wildman–Crippen LogP) is 3.07. The molecule has 0 aliphatic carbocycles. The van der Waals surface area contributed by atoms with E-state index in [2.05, 4.69) is 40.8 Å². The second kappa shape index (κ2) is 4.75. The SMILES string of the molecule is [CH2]CC[Si](C)(C)C(C)(C)C.[LiH]. The summed E-state index contributed by atoms with van der Waals surface area (Å²) < 4.78 is 0. The molecule has 11 heavy (non-hydrogen) atoms. The van der Waals surface area contributed by atoms with Crippen molar-refractivity contribution in [2.24, 2.45) is 0 Å².